The number of ether oxygens (including phenoxy) is 2. The molecule has 7 nitrogen and oxygen atoms in total. The Balaban J connectivity index is 2.36. The summed E-state index contributed by atoms with van der Waals surface area (Å²) in [6.07, 6.45) is -0.859. The number of nitrogens with one attached hydrogen (secondary N) is 2. The molecule has 0 saturated carbocycles. The van der Waals surface area contributed by atoms with Crippen LogP contribution in [-0.4, -0.2) is 36.7 Å². The first-order chi connectivity index (χ1) is 10.4. The summed E-state index contributed by atoms with van der Waals surface area (Å²) in [6, 6.07) is 8.58. The van der Waals surface area contributed by atoms with Crippen molar-refractivity contribution in [2.24, 2.45) is 0 Å². The van der Waals surface area contributed by atoms with E-state index in [1.807, 2.05) is 30.3 Å². The van der Waals surface area contributed by atoms with Crippen LogP contribution >= 0.6 is 0 Å². The van der Waals surface area contributed by atoms with Gasteiger partial charge in [-0.05, 0) is 12.5 Å². The van der Waals surface area contributed by atoms with E-state index >= 15 is 0 Å². The highest BCUT2D eigenvalue weighted by Crippen LogP contribution is 2.01. The fourth-order valence-electron chi connectivity index (χ4n) is 1.61. The molecular weight excluding hydrogens is 288 g/mol. The Bertz CT molecular complexity index is 556. The molecule has 0 spiro atoms. The highest BCUT2D eigenvalue weighted by molar-refractivity contribution is 6.63. The second-order valence-corrected chi connectivity index (χ2v) is 4.60. The van der Waals surface area contributed by atoms with Crippen molar-refractivity contribution >= 4 is 23.6 Å². The number of carbonyl (C=O) groups is 3. The van der Waals surface area contributed by atoms with Gasteiger partial charge in [-0.3, -0.25) is 10.2 Å². The first kappa shape index (κ1) is 17.4. The maximum Gasteiger partial charge on any atom is 0.407 e. The molecule has 0 unspecified atom stereocenters. The van der Waals surface area contributed by atoms with Crippen molar-refractivity contribution < 1.29 is 23.9 Å². The van der Waals surface area contributed by atoms with Crippen molar-refractivity contribution in [2.75, 3.05) is 7.11 Å². The molecule has 1 rings (SSSR count). The van der Waals surface area contributed by atoms with Gasteiger partial charge in [0, 0.05) is 12.5 Å². The fraction of sp³-hybridized carbons (Fsp3) is 0.333. The minimum atomic E-state index is -0.996. The standard InChI is InChI=1S/C15H18N2O5/c1-10(8-12(18)13(16)14(19)21-2)17-15(20)22-9-11-6-4-3-5-7-11/h3-7,10,16H,8-9H2,1-2H3,(H,17,20)/t10-/m1/s1. The first-order valence-corrected chi connectivity index (χ1v) is 6.61. The lowest BCUT2D eigenvalue weighted by molar-refractivity contribution is -0.133. The zero-order valence-corrected chi connectivity index (χ0v) is 12.4. The largest absolute Gasteiger partial charge is 0.464 e. The van der Waals surface area contributed by atoms with Crippen LogP contribution in [0, 0.1) is 5.41 Å². The van der Waals surface area contributed by atoms with Crippen molar-refractivity contribution in [3.05, 3.63) is 35.9 Å². The van der Waals surface area contributed by atoms with E-state index in [4.69, 9.17) is 10.1 Å². The number of esters is 1. The molecule has 0 fully saturated rings. The minimum absolute atomic E-state index is 0.116. The number of rotatable bonds is 7. The van der Waals surface area contributed by atoms with Crippen molar-refractivity contribution in [1.29, 1.82) is 5.41 Å². The second kappa shape index (κ2) is 8.56. The van der Waals surface area contributed by atoms with Crippen LogP contribution in [0.15, 0.2) is 30.3 Å². The average molecular weight is 306 g/mol. The zero-order valence-electron chi connectivity index (χ0n) is 12.4. The zero-order chi connectivity index (χ0) is 16.5. The molecule has 0 saturated heterocycles. The number of amides is 1. The topological polar surface area (TPSA) is 106 Å². The van der Waals surface area contributed by atoms with Crippen LogP contribution < -0.4 is 5.32 Å². The molecule has 1 aromatic rings. The third kappa shape index (κ3) is 5.74. The summed E-state index contributed by atoms with van der Waals surface area (Å²) in [5.41, 5.74) is 0.0997. The Morgan fingerprint density at radius 2 is 1.86 bits per heavy atom. The normalized spacial score (nSPS) is 11.2. The van der Waals surface area contributed by atoms with E-state index in [2.05, 4.69) is 10.1 Å². The Hall–Kier alpha value is -2.70. The summed E-state index contributed by atoms with van der Waals surface area (Å²) in [5.74, 6) is -1.70. The molecule has 1 amide bonds. The predicted octanol–water partition coefficient (Wildman–Crippen LogP) is 1.45. The Labute approximate surface area is 128 Å². The summed E-state index contributed by atoms with van der Waals surface area (Å²) in [7, 11) is 1.09. The number of carbonyl (C=O) groups excluding carboxylic acids is 3. The van der Waals surface area contributed by atoms with Gasteiger partial charge in [-0.25, -0.2) is 9.59 Å². The predicted molar refractivity (Wildman–Crippen MR) is 78.6 cm³/mol. The van der Waals surface area contributed by atoms with E-state index in [0.717, 1.165) is 12.7 Å². The maximum absolute atomic E-state index is 11.6. The van der Waals surface area contributed by atoms with Crippen LogP contribution in [-0.2, 0) is 25.7 Å². The van der Waals surface area contributed by atoms with Crippen LogP contribution in [0.1, 0.15) is 18.9 Å². The fourth-order valence-corrected chi connectivity index (χ4v) is 1.61. The lowest BCUT2D eigenvalue weighted by Crippen LogP contribution is -2.37. The third-order valence-electron chi connectivity index (χ3n) is 2.74. The molecule has 22 heavy (non-hydrogen) atoms. The van der Waals surface area contributed by atoms with Gasteiger partial charge >= 0.3 is 12.1 Å². The molecule has 7 heteroatoms. The Kier molecular flexibility index (Phi) is 6.75. The molecule has 0 aliphatic carbocycles. The van der Waals surface area contributed by atoms with Crippen molar-refractivity contribution in [2.45, 2.75) is 26.0 Å². The van der Waals surface area contributed by atoms with Crippen LogP contribution in [0.4, 0.5) is 4.79 Å². The van der Waals surface area contributed by atoms with Crippen LogP contribution in [0.2, 0.25) is 0 Å². The van der Waals surface area contributed by atoms with E-state index in [9.17, 15) is 14.4 Å². The van der Waals surface area contributed by atoms with E-state index < -0.39 is 29.6 Å². The van der Waals surface area contributed by atoms with Gasteiger partial charge in [0.15, 0.2) is 11.5 Å². The van der Waals surface area contributed by atoms with E-state index in [1.165, 1.54) is 0 Å². The van der Waals surface area contributed by atoms with Crippen molar-refractivity contribution in [1.82, 2.24) is 5.32 Å². The molecule has 2 N–H and O–H groups in total. The number of ketones is 1. The summed E-state index contributed by atoms with van der Waals surface area (Å²) < 4.78 is 9.29. The summed E-state index contributed by atoms with van der Waals surface area (Å²) in [5, 5.41) is 9.76. The van der Waals surface area contributed by atoms with Gasteiger partial charge < -0.3 is 14.8 Å². The number of hydrogen-bond acceptors (Lipinski definition) is 6. The lowest BCUT2D eigenvalue weighted by Gasteiger charge is -2.13. The highest BCUT2D eigenvalue weighted by atomic mass is 16.5. The molecule has 0 aromatic heterocycles. The number of hydrogen-bond donors (Lipinski definition) is 2. The van der Waals surface area contributed by atoms with E-state index in [1.54, 1.807) is 6.92 Å². The average Bonchev–Trinajstić information content (AvgIpc) is 2.52. The maximum atomic E-state index is 11.6. The van der Waals surface area contributed by atoms with Gasteiger partial charge in [0.25, 0.3) is 0 Å². The molecule has 0 bridgehead atoms. The molecule has 118 valence electrons. The number of alkyl carbamates (subject to hydrolysis) is 1. The van der Waals surface area contributed by atoms with Gasteiger partial charge in [0.1, 0.15) is 6.61 Å². The molecule has 1 aromatic carbocycles. The summed E-state index contributed by atoms with van der Waals surface area (Å²) in [4.78, 5) is 34.2. The molecule has 0 heterocycles. The van der Waals surface area contributed by atoms with Gasteiger partial charge in [0.2, 0.25) is 0 Å². The summed E-state index contributed by atoms with van der Waals surface area (Å²) >= 11 is 0. The number of benzene rings is 1. The number of Topliss-reactive ketones (excluding diaryl/α,β-unsaturated/α-hetero) is 1. The molecule has 0 aliphatic heterocycles. The smallest absolute Gasteiger partial charge is 0.407 e. The van der Waals surface area contributed by atoms with Gasteiger partial charge in [0.05, 0.1) is 7.11 Å². The molecular formula is C15H18N2O5. The molecule has 0 radical (unpaired) electrons. The highest BCUT2D eigenvalue weighted by Gasteiger charge is 2.21. The molecule has 0 aliphatic rings. The SMILES string of the molecule is COC(=O)C(=N)C(=O)C[C@@H](C)NC(=O)OCc1ccccc1. The molecule has 1 atom stereocenters. The van der Waals surface area contributed by atoms with E-state index in [0.29, 0.717) is 0 Å². The van der Waals surface area contributed by atoms with Gasteiger partial charge in [-0.2, -0.15) is 0 Å². The third-order valence-corrected chi connectivity index (χ3v) is 2.74. The second-order valence-electron chi connectivity index (χ2n) is 4.60. The van der Waals surface area contributed by atoms with Gasteiger partial charge in [-0.1, -0.05) is 30.3 Å². The van der Waals surface area contributed by atoms with Gasteiger partial charge in [-0.15, -0.1) is 0 Å². The van der Waals surface area contributed by atoms with Crippen LogP contribution in [0.3, 0.4) is 0 Å². The van der Waals surface area contributed by atoms with Crippen LogP contribution in [0.5, 0.6) is 0 Å². The van der Waals surface area contributed by atoms with E-state index in [-0.39, 0.29) is 13.0 Å². The van der Waals surface area contributed by atoms with Crippen molar-refractivity contribution in [3.63, 3.8) is 0 Å². The Morgan fingerprint density at radius 3 is 2.45 bits per heavy atom. The number of methoxy groups -OCH3 is 1. The Morgan fingerprint density at radius 1 is 1.23 bits per heavy atom. The monoisotopic (exact) mass is 306 g/mol. The summed E-state index contributed by atoms with van der Waals surface area (Å²) in [6.45, 7) is 1.69. The van der Waals surface area contributed by atoms with Crippen molar-refractivity contribution in [3.8, 4) is 0 Å². The lowest BCUT2D eigenvalue weighted by atomic mass is 10.1. The van der Waals surface area contributed by atoms with Crippen LogP contribution in [0.25, 0.3) is 0 Å². The minimum Gasteiger partial charge on any atom is -0.464 e. The first-order valence-electron chi connectivity index (χ1n) is 6.61. The quantitative estimate of drug-likeness (QED) is 0.450.